The van der Waals surface area contributed by atoms with Crippen molar-refractivity contribution in [2.45, 2.75) is 37.6 Å². The second-order valence-corrected chi connectivity index (χ2v) is 10.8. The predicted octanol–water partition coefficient (Wildman–Crippen LogP) is 6.15. The number of nitrogens with zero attached hydrogens (tertiary/aromatic N) is 4. The first-order chi connectivity index (χ1) is 22.4. The quantitative estimate of drug-likeness (QED) is 0.114. The first-order valence-electron chi connectivity index (χ1n) is 15.2. The molecule has 2 amide bonds. The summed E-state index contributed by atoms with van der Waals surface area (Å²) in [5.41, 5.74) is 3.66. The maximum absolute atomic E-state index is 13.8. The van der Waals surface area contributed by atoms with Crippen molar-refractivity contribution < 1.29 is 28.5 Å². The molecule has 0 aliphatic rings. The first-order valence-corrected chi connectivity index (χ1v) is 15.2. The fourth-order valence-corrected chi connectivity index (χ4v) is 5.37. The molecule has 0 N–H and O–H groups in total. The lowest BCUT2D eigenvalue weighted by Crippen LogP contribution is -2.49. The molecule has 0 fully saturated rings. The Hall–Kier alpha value is -5.12. The number of anilines is 1. The van der Waals surface area contributed by atoms with Gasteiger partial charge in [-0.2, -0.15) is 0 Å². The number of methoxy groups -OCH3 is 3. The minimum Gasteiger partial charge on any atom is -0.493 e. The molecule has 0 spiro atoms. The van der Waals surface area contributed by atoms with Crippen LogP contribution < -0.4 is 19.1 Å². The van der Waals surface area contributed by atoms with E-state index in [-0.39, 0.29) is 12.5 Å². The monoisotopic (exact) mass is 626 g/mol. The summed E-state index contributed by atoms with van der Waals surface area (Å²) < 4.78 is 22.1. The molecule has 0 saturated carbocycles. The minimum atomic E-state index is -0.849. The summed E-state index contributed by atoms with van der Waals surface area (Å²) in [6.07, 6.45) is 9.93. The number of amides is 2. The fraction of sp³-hybridized carbons (Fsp3) is 0.333. The van der Waals surface area contributed by atoms with Gasteiger partial charge in [-0.25, -0.2) is 9.59 Å². The highest BCUT2D eigenvalue weighted by molar-refractivity contribution is 5.95. The summed E-state index contributed by atoms with van der Waals surface area (Å²) >= 11 is 0. The van der Waals surface area contributed by atoms with E-state index in [0.717, 1.165) is 29.5 Å². The number of hydrogen-bond donors (Lipinski definition) is 0. The molecular weight excluding hydrogens is 584 g/mol. The lowest BCUT2D eigenvalue weighted by molar-refractivity contribution is -0.148. The van der Waals surface area contributed by atoms with Gasteiger partial charge in [0.2, 0.25) is 5.75 Å². The third-order valence-corrected chi connectivity index (χ3v) is 7.94. The van der Waals surface area contributed by atoms with Gasteiger partial charge in [0.25, 0.3) is 0 Å². The number of unbranched alkanes of at least 4 members (excludes halogenated alkanes) is 1. The number of aromatic nitrogens is 2. The van der Waals surface area contributed by atoms with Crippen molar-refractivity contribution in [2.75, 3.05) is 46.9 Å². The topological polar surface area (TPSA) is 103 Å². The molecule has 46 heavy (non-hydrogen) atoms. The second-order valence-electron chi connectivity index (χ2n) is 10.8. The number of likely N-dealkylation sites (N-methyl/N-ethyl adjacent to an activating group) is 1. The smallest absolute Gasteiger partial charge is 0.329 e. The van der Waals surface area contributed by atoms with Crippen LogP contribution in [-0.4, -0.2) is 74.9 Å². The molecule has 0 saturated heterocycles. The average Bonchev–Trinajstić information content (AvgIpc) is 3.11. The Labute approximate surface area is 270 Å². The average molecular weight is 627 g/mol. The summed E-state index contributed by atoms with van der Waals surface area (Å²) in [5, 5.41) is 0. The van der Waals surface area contributed by atoms with Crippen molar-refractivity contribution in [3.63, 3.8) is 0 Å². The van der Waals surface area contributed by atoms with Gasteiger partial charge in [-0.3, -0.25) is 14.9 Å². The van der Waals surface area contributed by atoms with Gasteiger partial charge in [-0.1, -0.05) is 42.5 Å². The van der Waals surface area contributed by atoms with Crippen LogP contribution >= 0.6 is 0 Å². The van der Waals surface area contributed by atoms with Crippen molar-refractivity contribution in [2.24, 2.45) is 0 Å². The molecule has 2 aromatic heterocycles. The zero-order valence-corrected chi connectivity index (χ0v) is 27.1. The van der Waals surface area contributed by atoms with E-state index in [2.05, 4.69) is 22.1 Å². The molecule has 1 atom stereocenters. The number of carbonyl (C=O) groups is 2. The Bertz CT molecular complexity index is 1470. The van der Waals surface area contributed by atoms with Crippen LogP contribution in [0.2, 0.25) is 0 Å². The van der Waals surface area contributed by atoms with Crippen molar-refractivity contribution >= 4 is 17.7 Å². The van der Waals surface area contributed by atoms with Gasteiger partial charge in [0, 0.05) is 63.4 Å². The Morgan fingerprint density at radius 1 is 0.783 bits per heavy atom. The molecule has 4 rings (SSSR count). The Balaban J connectivity index is 1.44. The first kappa shape index (κ1) is 33.8. The molecule has 1 unspecified atom stereocenters. The zero-order valence-electron chi connectivity index (χ0n) is 27.1. The summed E-state index contributed by atoms with van der Waals surface area (Å²) in [6.45, 7) is 0.238. The molecule has 10 nitrogen and oxygen atoms in total. The van der Waals surface area contributed by atoms with Gasteiger partial charge in [-0.05, 0) is 48.1 Å². The fourth-order valence-electron chi connectivity index (χ4n) is 5.37. The summed E-state index contributed by atoms with van der Waals surface area (Å²) in [7, 11) is 7.78. The molecule has 0 radical (unpaired) electrons. The van der Waals surface area contributed by atoms with E-state index in [1.165, 1.54) is 31.1 Å². The molecule has 4 aromatic rings. The number of rotatable bonds is 15. The molecule has 0 aliphatic heterocycles. The Morgan fingerprint density at radius 2 is 1.39 bits per heavy atom. The Morgan fingerprint density at radius 3 is 1.91 bits per heavy atom. The lowest BCUT2D eigenvalue weighted by atomic mass is 9.89. The van der Waals surface area contributed by atoms with E-state index in [4.69, 9.17) is 18.9 Å². The van der Waals surface area contributed by atoms with Crippen molar-refractivity contribution in [1.82, 2.24) is 14.9 Å². The highest BCUT2D eigenvalue weighted by Crippen LogP contribution is 2.41. The molecule has 242 valence electrons. The summed E-state index contributed by atoms with van der Waals surface area (Å²) in [6, 6.07) is 19.7. The number of ether oxygens (including phenoxy) is 4. The largest absolute Gasteiger partial charge is 0.493 e. The predicted molar refractivity (Wildman–Crippen MR) is 177 cm³/mol. The number of carbonyl (C=O) groups excluding carboxylic acids is 2. The van der Waals surface area contributed by atoms with Crippen LogP contribution in [0.4, 0.5) is 10.5 Å². The molecule has 2 heterocycles. The lowest BCUT2D eigenvalue weighted by Gasteiger charge is -2.31. The van der Waals surface area contributed by atoms with E-state index in [0.29, 0.717) is 35.8 Å². The molecular formula is C36H42N4O6. The van der Waals surface area contributed by atoms with E-state index in [9.17, 15) is 9.59 Å². The van der Waals surface area contributed by atoms with Crippen LogP contribution in [0.5, 0.6) is 17.2 Å². The molecule has 10 heteroatoms. The van der Waals surface area contributed by atoms with Gasteiger partial charge in [0.1, 0.15) is 6.04 Å². The number of esters is 1. The highest BCUT2D eigenvalue weighted by atomic mass is 16.5. The van der Waals surface area contributed by atoms with Gasteiger partial charge in [-0.15, -0.1) is 0 Å². The third-order valence-electron chi connectivity index (χ3n) is 7.94. The van der Waals surface area contributed by atoms with Crippen LogP contribution in [0.15, 0.2) is 91.5 Å². The van der Waals surface area contributed by atoms with E-state index < -0.39 is 18.0 Å². The molecule has 2 aromatic carbocycles. The Kier molecular flexibility index (Phi) is 12.3. The van der Waals surface area contributed by atoms with Crippen molar-refractivity contribution in [3.05, 3.63) is 108 Å². The second kappa shape index (κ2) is 16.8. The summed E-state index contributed by atoms with van der Waals surface area (Å²) in [4.78, 5) is 38.8. The highest BCUT2D eigenvalue weighted by Gasteiger charge is 2.31. The number of pyridine rings is 2. The third kappa shape index (κ3) is 8.53. The van der Waals surface area contributed by atoms with Gasteiger partial charge in [0.05, 0.1) is 33.6 Å². The molecule has 0 aliphatic carbocycles. The maximum atomic E-state index is 13.8. The van der Waals surface area contributed by atoms with Gasteiger partial charge < -0.3 is 23.8 Å². The van der Waals surface area contributed by atoms with Crippen LogP contribution in [0, 0.1) is 0 Å². The number of benzene rings is 2. The number of urea groups is 1. The minimum absolute atomic E-state index is 0.137. The standard InChI is InChI=1S/C36H42N4O6/c1-39(29-22-32(43-3)34(45-5)33(23-29)44-4)36(42)40(2)31(21-26-13-7-6-8-14-26)35(41)46-20-10-9-17-30(27-15-11-18-37-24-27)28-16-12-19-38-25-28/h6-8,11-16,18-19,22-25,30-31H,9-10,17,20-21H2,1-5H3. The van der Waals surface area contributed by atoms with E-state index >= 15 is 0 Å². The van der Waals surface area contributed by atoms with E-state index in [1.54, 1.807) is 38.6 Å². The summed E-state index contributed by atoms with van der Waals surface area (Å²) in [5.74, 6) is 0.913. The van der Waals surface area contributed by atoms with E-state index in [1.807, 2.05) is 54.9 Å². The van der Waals surface area contributed by atoms with Crippen molar-refractivity contribution in [1.29, 1.82) is 0 Å². The van der Waals surface area contributed by atoms with Crippen LogP contribution in [0.1, 0.15) is 41.9 Å². The van der Waals surface area contributed by atoms with Crippen LogP contribution in [0.25, 0.3) is 0 Å². The molecule has 0 bridgehead atoms. The van der Waals surface area contributed by atoms with Gasteiger partial charge in [0.15, 0.2) is 11.5 Å². The SMILES string of the molecule is COc1cc(N(C)C(=O)N(C)C(Cc2ccccc2)C(=O)OCCCCC(c2cccnc2)c2cccnc2)cc(OC)c1OC. The maximum Gasteiger partial charge on any atom is 0.329 e. The normalized spacial score (nSPS) is 11.4. The van der Waals surface area contributed by atoms with Crippen molar-refractivity contribution in [3.8, 4) is 17.2 Å². The zero-order chi connectivity index (χ0) is 32.9. The van der Waals surface area contributed by atoms with Crippen LogP contribution in [-0.2, 0) is 16.0 Å². The van der Waals surface area contributed by atoms with Gasteiger partial charge >= 0.3 is 12.0 Å². The van der Waals surface area contributed by atoms with Crippen LogP contribution in [0.3, 0.4) is 0 Å². The number of hydrogen-bond acceptors (Lipinski definition) is 8.